The van der Waals surface area contributed by atoms with E-state index >= 15 is 0 Å². The lowest BCUT2D eigenvalue weighted by Gasteiger charge is -2.34. The number of rotatable bonds is 4. The third-order valence-electron chi connectivity index (χ3n) is 5.16. The number of benzene rings is 3. The standard InChI is InChI=1S/C24H20ClF3O/c1-2-3-15-12-19-14-24(27,28)23(29-22(19)21(26)13-15)18-6-4-16(5-7-18)17-8-10-20(25)11-9-17/h4-13,23H,2-3,14H2,1H3. The third-order valence-corrected chi connectivity index (χ3v) is 5.41. The molecule has 150 valence electrons. The average Bonchev–Trinajstić information content (AvgIpc) is 2.68. The fourth-order valence-corrected chi connectivity index (χ4v) is 3.89. The van der Waals surface area contributed by atoms with Crippen molar-refractivity contribution in [2.24, 2.45) is 0 Å². The Morgan fingerprint density at radius 3 is 2.24 bits per heavy atom. The molecule has 0 N–H and O–H groups in total. The minimum atomic E-state index is -3.13. The summed E-state index contributed by atoms with van der Waals surface area (Å²) in [6.45, 7) is 1.96. The highest BCUT2D eigenvalue weighted by atomic mass is 35.5. The van der Waals surface area contributed by atoms with Gasteiger partial charge in [-0.2, -0.15) is 0 Å². The van der Waals surface area contributed by atoms with Gasteiger partial charge in [-0.05, 0) is 46.9 Å². The van der Waals surface area contributed by atoms with Crippen molar-refractivity contribution < 1.29 is 17.9 Å². The van der Waals surface area contributed by atoms with Crippen molar-refractivity contribution in [3.63, 3.8) is 0 Å². The van der Waals surface area contributed by atoms with E-state index in [-0.39, 0.29) is 11.3 Å². The first-order valence-corrected chi connectivity index (χ1v) is 9.97. The lowest BCUT2D eigenvalue weighted by molar-refractivity contribution is -0.110. The van der Waals surface area contributed by atoms with E-state index in [0.717, 1.165) is 17.5 Å². The van der Waals surface area contributed by atoms with Crippen LogP contribution in [0.5, 0.6) is 5.75 Å². The SMILES string of the molecule is CCCc1cc(F)c2c(c1)CC(F)(F)C(c1ccc(-c3ccc(Cl)cc3)cc1)O2. The van der Waals surface area contributed by atoms with E-state index in [4.69, 9.17) is 16.3 Å². The zero-order valence-electron chi connectivity index (χ0n) is 15.9. The van der Waals surface area contributed by atoms with Crippen molar-refractivity contribution in [1.29, 1.82) is 0 Å². The van der Waals surface area contributed by atoms with Crippen LogP contribution in [0.1, 0.15) is 36.1 Å². The van der Waals surface area contributed by atoms with Crippen LogP contribution in [0.4, 0.5) is 13.2 Å². The van der Waals surface area contributed by atoms with Gasteiger partial charge >= 0.3 is 0 Å². The maximum atomic E-state index is 14.9. The second-order valence-corrected chi connectivity index (χ2v) is 7.82. The Morgan fingerprint density at radius 1 is 1.00 bits per heavy atom. The molecule has 0 bridgehead atoms. The van der Waals surface area contributed by atoms with Crippen molar-refractivity contribution in [3.8, 4) is 16.9 Å². The minimum absolute atomic E-state index is 0.0671. The Morgan fingerprint density at radius 2 is 1.62 bits per heavy atom. The van der Waals surface area contributed by atoms with Gasteiger partial charge in [-0.3, -0.25) is 0 Å². The fraction of sp³-hybridized carbons (Fsp3) is 0.250. The Bertz CT molecular complexity index is 1010. The van der Waals surface area contributed by atoms with Crippen molar-refractivity contribution in [1.82, 2.24) is 0 Å². The Hall–Kier alpha value is -2.46. The Labute approximate surface area is 173 Å². The number of aryl methyl sites for hydroxylation is 1. The van der Waals surface area contributed by atoms with Crippen LogP contribution in [0.15, 0.2) is 60.7 Å². The minimum Gasteiger partial charge on any atom is -0.476 e. The van der Waals surface area contributed by atoms with Crippen LogP contribution in [0, 0.1) is 5.82 Å². The van der Waals surface area contributed by atoms with E-state index in [9.17, 15) is 13.2 Å². The van der Waals surface area contributed by atoms with Gasteiger partial charge in [0.05, 0.1) is 0 Å². The van der Waals surface area contributed by atoms with Crippen LogP contribution in [0.2, 0.25) is 5.02 Å². The highest BCUT2D eigenvalue weighted by Gasteiger charge is 2.47. The van der Waals surface area contributed by atoms with E-state index in [0.29, 0.717) is 22.6 Å². The topological polar surface area (TPSA) is 9.23 Å². The van der Waals surface area contributed by atoms with Crippen LogP contribution in [0.25, 0.3) is 11.1 Å². The molecule has 29 heavy (non-hydrogen) atoms. The lowest BCUT2D eigenvalue weighted by atomic mass is 9.91. The van der Waals surface area contributed by atoms with Gasteiger partial charge in [0.2, 0.25) is 0 Å². The van der Waals surface area contributed by atoms with Gasteiger partial charge in [0.1, 0.15) is 0 Å². The molecule has 1 heterocycles. The molecule has 1 aliphatic heterocycles. The monoisotopic (exact) mass is 416 g/mol. The molecule has 3 aromatic carbocycles. The molecule has 0 saturated carbocycles. The molecule has 1 aliphatic rings. The number of hydrogen-bond acceptors (Lipinski definition) is 1. The van der Waals surface area contributed by atoms with Crippen molar-refractivity contribution in [3.05, 3.63) is 88.2 Å². The highest BCUT2D eigenvalue weighted by Crippen LogP contribution is 2.46. The quantitative estimate of drug-likeness (QED) is 0.430. The summed E-state index contributed by atoms with van der Waals surface area (Å²) in [6, 6.07) is 17.0. The molecule has 0 amide bonds. The summed E-state index contributed by atoms with van der Waals surface area (Å²) in [5.41, 5.74) is 3.06. The van der Waals surface area contributed by atoms with Crippen LogP contribution < -0.4 is 4.74 Å². The Kier molecular flexibility index (Phi) is 5.30. The van der Waals surface area contributed by atoms with Gasteiger partial charge in [0.15, 0.2) is 17.7 Å². The predicted molar refractivity (Wildman–Crippen MR) is 109 cm³/mol. The van der Waals surface area contributed by atoms with E-state index in [1.54, 1.807) is 42.5 Å². The summed E-state index contributed by atoms with van der Waals surface area (Å²) in [4.78, 5) is 0. The number of ether oxygens (including phenoxy) is 1. The summed E-state index contributed by atoms with van der Waals surface area (Å²) in [5, 5.41) is 0.628. The van der Waals surface area contributed by atoms with Crippen molar-refractivity contribution >= 4 is 11.6 Å². The van der Waals surface area contributed by atoms with E-state index in [1.165, 1.54) is 6.07 Å². The van der Waals surface area contributed by atoms with Crippen molar-refractivity contribution in [2.75, 3.05) is 0 Å². The summed E-state index contributed by atoms with van der Waals surface area (Å²) in [5.74, 6) is -3.78. The summed E-state index contributed by atoms with van der Waals surface area (Å²) < 4.78 is 49.8. The summed E-state index contributed by atoms with van der Waals surface area (Å²) >= 11 is 5.91. The van der Waals surface area contributed by atoms with Crippen molar-refractivity contribution in [2.45, 2.75) is 38.2 Å². The lowest BCUT2D eigenvalue weighted by Crippen LogP contribution is -2.37. The maximum Gasteiger partial charge on any atom is 0.292 e. The number of hydrogen-bond donors (Lipinski definition) is 0. The molecule has 5 heteroatoms. The molecule has 0 fully saturated rings. The molecule has 4 rings (SSSR count). The maximum absolute atomic E-state index is 14.9. The van der Waals surface area contributed by atoms with E-state index in [2.05, 4.69) is 0 Å². The predicted octanol–water partition coefficient (Wildman–Crippen LogP) is 7.41. The van der Waals surface area contributed by atoms with Crippen LogP contribution in [0.3, 0.4) is 0 Å². The number of alkyl halides is 2. The second-order valence-electron chi connectivity index (χ2n) is 7.38. The fourth-order valence-electron chi connectivity index (χ4n) is 3.76. The molecule has 0 spiro atoms. The van der Waals surface area contributed by atoms with Crippen LogP contribution in [-0.2, 0) is 12.8 Å². The largest absolute Gasteiger partial charge is 0.476 e. The molecule has 3 aromatic rings. The van der Waals surface area contributed by atoms with Gasteiger partial charge in [-0.15, -0.1) is 0 Å². The molecule has 1 atom stereocenters. The molecule has 0 aliphatic carbocycles. The van der Waals surface area contributed by atoms with Gasteiger partial charge in [0.25, 0.3) is 5.92 Å². The summed E-state index contributed by atoms with van der Waals surface area (Å²) in [7, 11) is 0. The first-order valence-electron chi connectivity index (χ1n) is 9.59. The zero-order chi connectivity index (χ0) is 20.6. The third kappa shape index (κ3) is 3.99. The average molecular weight is 417 g/mol. The highest BCUT2D eigenvalue weighted by molar-refractivity contribution is 6.30. The molecular formula is C24H20ClF3O. The second kappa shape index (κ2) is 7.75. The molecular weight excluding hydrogens is 397 g/mol. The van der Waals surface area contributed by atoms with Gasteiger partial charge in [-0.1, -0.05) is 67.4 Å². The van der Waals surface area contributed by atoms with Gasteiger partial charge in [0, 0.05) is 17.0 Å². The first-order chi connectivity index (χ1) is 13.9. The molecule has 0 aromatic heterocycles. The van der Waals surface area contributed by atoms with Gasteiger partial charge in [-0.25, -0.2) is 13.2 Å². The zero-order valence-corrected chi connectivity index (χ0v) is 16.6. The summed E-state index contributed by atoms with van der Waals surface area (Å²) in [6.07, 6.45) is -0.607. The van der Waals surface area contributed by atoms with Crippen LogP contribution >= 0.6 is 11.6 Å². The molecule has 0 saturated heterocycles. The van der Waals surface area contributed by atoms with Gasteiger partial charge < -0.3 is 4.74 Å². The number of halogens is 4. The smallest absolute Gasteiger partial charge is 0.292 e. The Balaban J connectivity index is 1.64. The van der Waals surface area contributed by atoms with Crippen LogP contribution in [-0.4, -0.2) is 5.92 Å². The molecule has 1 unspecified atom stereocenters. The normalized spacial score (nSPS) is 17.5. The number of fused-ring (bicyclic) bond motifs is 1. The van der Waals surface area contributed by atoms with E-state index in [1.807, 2.05) is 19.1 Å². The van der Waals surface area contributed by atoms with E-state index < -0.39 is 24.3 Å². The molecule has 0 radical (unpaired) electrons. The molecule has 1 nitrogen and oxygen atoms in total. The first kappa shape index (κ1) is 19.8.